The Morgan fingerprint density at radius 3 is 2.50 bits per heavy atom. The van der Waals surface area contributed by atoms with Gasteiger partial charge in [-0.05, 0) is 96.9 Å². The van der Waals surface area contributed by atoms with Crippen LogP contribution in [0.25, 0.3) is 6.08 Å². The van der Waals surface area contributed by atoms with E-state index in [1.165, 1.54) is 25.3 Å². The van der Waals surface area contributed by atoms with Crippen LogP contribution in [0.1, 0.15) is 49.8 Å². The Bertz CT molecular complexity index is 880. The van der Waals surface area contributed by atoms with Crippen molar-refractivity contribution < 1.29 is 18.7 Å². The smallest absolute Gasteiger partial charge is 0.331 e. The molecule has 0 spiro atoms. The van der Waals surface area contributed by atoms with Gasteiger partial charge in [0.25, 0.3) is 5.91 Å². The van der Waals surface area contributed by atoms with Gasteiger partial charge < -0.3 is 14.1 Å². The van der Waals surface area contributed by atoms with Gasteiger partial charge in [0.1, 0.15) is 5.76 Å². The summed E-state index contributed by atoms with van der Waals surface area (Å²) in [5, 5.41) is 3.90. The van der Waals surface area contributed by atoms with Crippen molar-refractivity contribution >= 4 is 29.3 Å². The molecular formula is C24H27NO4S. The normalized spacial score (nSPS) is 29.4. The Labute approximate surface area is 180 Å². The van der Waals surface area contributed by atoms with Crippen LogP contribution in [0.3, 0.4) is 0 Å². The van der Waals surface area contributed by atoms with Gasteiger partial charge in [-0.1, -0.05) is 0 Å². The number of hydrogen-bond acceptors (Lipinski definition) is 5. The molecule has 30 heavy (non-hydrogen) atoms. The lowest BCUT2D eigenvalue weighted by Crippen LogP contribution is -2.61. The SMILES string of the molecule is O=C(/C=C/c1ccsc1)OCC(=O)N(Cc1ccco1)C12CC3CC(CC(C3)C1)C2. The predicted octanol–water partition coefficient (Wildman–Crippen LogP) is 4.90. The van der Waals surface area contributed by atoms with E-state index in [1.54, 1.807) is 23.7 Å². The molecule has 4 saturated carbocycles. The van der Waals surface area contributed by atoms with Gasteiger partial charge in [-0.15, -0.1) is 0 Å². The first-order chi connectivity index (χ1) is 14.6. The van der Waals surface area contributed by atoms with E-state index in [0.29, 0.717) is 6.54 Å². The van der Waals surface area contributed by atoms with Crippen LogP contribution in [0.15, 0.2) is 45.7 Å². The lowest BCUT2D eigenvalue weighted by molar-refractivity contribution is -0.162. The Morgan fingerprint density at radius 1 is 1.17 bits per heavy atom. The van der Waals surface area contributed by atoms with Gasteiger partial charge in [-0.25, -0.2) is 4.79 Å². The first kappa shape index (κ1) is 19.6. The van der Waals surface area contributed by atoms with Gasteiger partial charge in [-0.3, -0.25) is 4.79 Å². The third-order valence-electron chi connectivity index (χ3n) is 7.07. The number of amides is 1. The van der Waals surface area contributed by atoms with Crippen molar-refractivity contribution in [3.8, 4) is 0 Å². The fourth-order valence-electron chi connectivity index (χ4n) is 6.27. The molecule has 158 valence electrons. The van der Waals surface area contributed by atoms with Gasteiger partial charge in [0.15, 0.2) is 6.61 Å². The fraction of sp³-hybridized carbons (Fsp3) is 0.500. The highest BCUT2D eigenvalue weighted by molar-refractivity contribution is 7.08. The van der Waals surface area contributed by atoms with Crippen molar-refractivity contribution in [1.29, 1.82) is 0 Å². The van der Waals surface area contributed by atoms with Crippen molar-refractivity contribution in [3.63, 3.8) is 0 Å². The third kappa shape index (κ3) is 3.97. The maximum absolute atomic E-state index is 13.3. The molecule has 6 rings (SSSR count). The number of rotatable bonds is 7. The fourth-order valence-corrected chi connectivity index (χ4v) is 6.90. The number of ether oxygens (including phenoxy) is 1. The molecule has 0 atom stereocenters. The maximum atomic E-state index is 13.3. The summed E-state index contributed by atoms with van der Waals surface area (Å²) in [6.45, 7) is 0.218. The first-order valence-corrected chi connectivity index (χ1v) is 11.7. The summed E-state index contributed by atoms with van der Waals surface area (Å²) in [5.41, 5.74) is 0.841. The van der Waals surface area contributed by atoms with Crippen LogP contribution in [0, 0.1) is 17.8 Å². The molecule has 4 bridgehead atoms. The van der Waals surface area contributed by atoms with E-state index in [2.05, 4.69) is 0 Å². The van der Waals surface area contributed by atoms with Crippen molar-refractivity contribution in [3.05, 3.63) is 52.6 Å². The summed E-state index contributed by atoms with van der Waals surface area (Å²) in [5.74, 6) is 2.34. The molecule has 0 aliphatic heterocycles. The van der Waals surface area contributed by atoms with Crippen LogP contribution in [0.2, 0.25) is 0 Å². The van der Waals surface area contributed by atoms with Gasteiger partial charge in [0, 0.05) is 11.6 Å². The number of nitrogens with zero attached hydrogens (tertiary/aromatic N) is 1. The van der Waals surface area contributed by atoms with E-state index in [4.69, 9.17) is 9.15 Å². The standard InChI is InChI=1S/C24H27NO4S/c26-22(15-29-23(27)4-3-17-5-7-30-16-17)25(14-21-2-1-6-28-21)24-11-18-8-19(12-24)10-20(9-18)13-24/h1-7,16,18-20H,8-15H2/b4-3+. The van der Waals surface area contributed by atoms with Crippen LogP contribution >= 0.6 is 11.3 Å². The number of carbonyl (C=O) groups excluding carboxylic acids is 2. The Balaban J connectivity index is 1.29. The molecule has 0 saturated heterocycles. The minimum Gasteiger partial charge on any atom is -0.467 e. The summed E-state index contributed by atoms with van der Waals surface area (Å²) < 4.78 is 10.9. The zero-order chi connectivity index (χ0) is 20.6. The van der Waals surface area contributed by atoms with Crippen molar-refractivity contribution in [1.82, 2.24) is 4.90 Å². The van der Waals surface area contributed by atoms with Crippen molar-refractivity contribution in [2.24, 2.45) is 17.8 Å². The number of furan rings is 1. The van der Waals surface area contributed by atoms with Crippen LogP contribution < -0.4 is 0 Å². The van der Waals surface area contributed by atoms with Crippen LogP contribution in [-0.4, -0.2) is 28.9 Å². The second-order valence-electron chi connectivity index (χ2n) is 9.20. The summed E-state index contributed by atoms with van der Waals surface area (Å²) in [6.07, 6.45) is 11.9. The second-order valence-corrected chi connectivity index (χ2v) is 9.98. The molecule has 5 nitrogen and oxygen atoms in total. The molecule has 4 fully saturated rings. The lowest BCUT2D eigenvalue weighted by Gasteiger charge is -2.60. The molecule has 4 aliphatic carbocycles. The Morgan fingerprint density at radius 2 is 1.90 bits per heavy atom. The van der Waals surface area contributed by atoms with Gasteiger partial charge in [0.2, 0.25) is 0 Å². The quantitative estimate of drug-likeness (QED) is 0.468. The van der Waals surface area contributed by atoms with Crippen LogP contribution in [-0.2, 0) is 20.9 Å². The second kappa shape index (κ2) is 8.06. The van der Waals surface area contributed by atoms with Gasteiger partial charge in [-0.2, -0.15) is 11.3 Å². The molecular weight excluding hydrogens is 398 g/mol. The average molecular weight is 426 g/mol. The minimum absolute atomic E-state index is 0.114. The molecule has 0 N–H and O–H groups in total. The lowest BCUT2D eigenvalue weighted by atomic mass is 9.52. The van der Waals surface area contributed by atoms with Crippen molar-refractivity contribution in [2.75, 3.05) is 6.61 Å². The number of esters is 1. The van der Waals surface area contributed by atoms with Gasteiger partial charge in [0.05, 0.1) is 12.8 Å². The maximum Gasteiger partial charge on any atom is 0.331 e. The molecule has 2 heterocycles. The average Bonchev–Trinajstić information content (AvgIpc) is 3.41. The zero-order valence-corrected chi connectivity index (χ0v) is 17.8. The van der Waals surface area contributed by atoms with E-state index in [-0.39, 0.29) is 18.1 Å². The molecule has 1 amide bonds. The molecule has 0 radical (unpaired) electrons. The molecule has 2 aromatic heterocycles. The van der Waals surface area contributed by atoms with E-state index in [9.17, 15) is 9.59 Å². The monoisotopic (exact) mass is 425 g/mol. The van der Waals surface area contributed by atoms with Crippen molar-refractivity contribution in [2.45, 2.75) is 50.6 Å². The number of carbonyl (C=O) groups is 2. The largest absolute Gasteiger partial charge is 0.467 e. The van der Waals surface area contributed by atoms with E-state index in [1.807, 2.05) is 33.9 Å². The van der Waals surface area contributed by atoms with Gasteiger partial charge >= 0.3 is 5.97 Å². The topological polar surface area (TPSA) is 59.8 Å². The number of hydrogen-bond donors (Lipinski definition) is 0. The third-order valence-corrected chi connectivity index (χ3v) is 7.77. The first-order valence-electron chi connectivity index (χ1n) is 10.8. The molecule has 4 aliphatic rings. The molecule has 6 heteroatoms. The predicted molar refractivity (Wildman–Crippen MR) is 114 cm³/mol. The number of thiophene rings is 1. The highest BCUT2D eigenvalue weighted by Crippen LogP contribution is 2.58. The van der Waals surface area contributed by atoms with E-state index < -0.39 is 5.97 Å². The Kier molecular flexibility index (Phi) is 5.27. The molecule has 2 aromatic rings. The summed E-state index contributed by atoms with van der Waals surface area (Å²) in [6, 6.07) is 5.70. The van der Waals surface area contributed by atoms with E-state index in [0.717, 1.165) is 48.3 Å². The Hall–Kier alpha value is -2.34. The van der Waals surface area contributed by atoms with Crippen LogP contribution in [0.4, 0.5) is 0 Å². The minimum atomic E-state index is -0.488. The summed E-state index contributed by atoms with van der Waals surface area (Å²) >= 11 is 1.57. The molecule has 0 aromatic carbocycles. The van der Waals surface area contributed by atoms with E-state index >= 15 is 0 Å². The highest BCUT2D eigenvalue weighted by atomic mass is 32.1. The summed E-state index contributed by atoms with van der Waals surface area (Å²) in [7, 11) is 0. The zero-order valence-electron chi connectivity index (χ0n) is 17.0. The van der Waals surface area contributed by atoms with Crippen LogP contribution in [0.5, 0.6) is 0 Å². The highest BCUT2D eigenvalue weighted by Gasteiger charge is 2.54. The molecule has 0 unspecified atom stereocenters. The summed E-state index contributed by atoms with van der Waals surface area (Å²) in [4.78, 5) is 27.4.